The van der Waals surface area contributed by atoms with E-state index >= 15 is 0 Å². The summed E-state index contributed by atoms with van der Waals surface area (Å²) in [4.78, 5) is 22.6. The molecule has 0 aromatic carbocycles. The molecule has 1 saturated carbocycles. The molecule has 1 unspecified atom stereocenters. The number of aromatic amines is 1. The summed E-state index contributed by atoms with van der Waals surface area (Å²) in [6.45, 7) is 2.46. The van der Waals surface area contributed by atoms with Crippen LogP contribution in [-0.4, -0.2) is 39.9 Å². The molecule has 0 radical (unpaired) electrons. The number of carbonyl (C=O) groups excluding carboxylic acids is 1. The molecule has 110 valence electrons. The summed E-state index contributed by atoms with van der Waals surface area (Å²) >= 11 is 0. The first-order valence-corrected chi connectivity index (χ1v) is 6.84. The van der Waals surface area contributed by atoms with E-state index in [1.165, 1.54) is 0 Å². The van der Waals surface area contributed by atoms with Gasteiger partial charge in [0.25, 0.3) is 0 Å². The van der Waals surface area contributed by atoms with E-state index in [9.17, 15) is 9.59 Å². The third-order valence-corrected chi connectivity index (χ3v) is 3.49. The summed E-state index contributed by atoms with van der Waals surface area (Å²) < 4.78 is 0. The summed E-state index contributed by atoms with van der Waals surface area (Å²) in [5, 5.41) is 21.0. The Morgan fingerprint density at radius 3 is 2.85 bits per heavy atom. The lowest BCUT2D eigenvalue weighted by Gasteiger charge is -2.14. The summed E-state index contributed by atoms with van der Waals surface area (Å²) in [6.07, 6.45) is 5.14. The van der Waals surface area contributed by atoms with Crippen molar-refractivity contribution < 1.29 is 14.7 Å². The van der Waals surface area contributed by atoms with Crippen molar-refractivity contribution in [2.24, 2.45) is 5.92 Å². The maximum Gasteiger partial charge on any atom is 0.326 e. The van der Waals surface area contributed by atoms with Gasteiger partial charge in [0, 0.05) is 12.2 Å². The molecule has 1 heterocycles. The van der Waals surface area contributed by atoms with Crippen molar-refractivity contribution in [2.45, 2.75) is 38.6 Å². The zero-order valence-electron chi connectivity index (χ0n) is 11.5. The number of H-pyrrole nitrogens is 1. The van der Waals surface area contributed by atoms with Crippen LogP contribution in [0, 0.1) is 12.8 Å². The van der Waals surface area contributed by atoms with Crippen molar-refractivity contribution in [1.29, 1.82) is 0 Å². The predicted octanol–water partition coefficient (Wildman–Crippen LogP) is 0.813. The van der Waals surface area contributed by atoms with Gasteiger partial charge in [0.05, 0.1) is 6.20 Å². The highest BCUT2D eigenvalue weighted by molar-refractivity contribution is 5.83. The number of nitrogens with zero attached hydrogens (tertiary/aromatic N) is 1. The number of aryl methyl sites for hydroxylation is 2. The number of urea groups is 1. The molecular formula is C13H20N4O3. The average Bonchev–Trinajstić information content (AvgIpc) is 3.15. The van der Waals surface area contributed by atoms with Crippen LogP contribution in [0.4, 0.5) is 4.79 Å². The lowest BCUT2D eigenvalue weighted by atomic mass is 10.1. The maximum atomic E-state index is 11.6. The van der Waals surface area contributed by atoms with Gasteiger partial charge in [-0.3, -0.25) is 5.10 Å². The fraction of sp³-hybridized carbons (Fsp3) is 0.615. The Kier molecular flexibility index (Phi) is 4.60. The molecule has 2 amide bonds. The van der Waals surface area contributed by atoms with Gasteiger partial charge in [0.1, 0.15) is 6.04 Å². The van der Waals surface area contributed by atoms with E-state index in [1.807, 2.05) is 6.92 Å². The minimum atomic E-state index is -0.961. The first-order chi connectivity index (χ1) is 9.58. The number of rotatable bonds is 7. The van der Waals surface area contributed by atoms with E-state index in [-0.39, 0.29) is 5.92 Å². The maximum absolute atomic E-state index is 11.6. The predicted molar refractivity (Wildman–Crippen MR) is 72.3 cm³/mol. The molecule has 1 aromatic heterocycles. The molecule has 0 aliphatic heterocycles. The van der Waals surface area contributed by atoms with E-state index in [0.29, 0.717) is 6.54 Å². The smallest absolute Gasteiger partial charge is 0.326 e. The van der Waals surface area contributed by atoms with E-state index in [2.05, 4.69) is 20.8 Å². The second kappa shape index (κ2) is 6.40. The third-order valence-electron chi connectivity index (χ3n) is 3.49. The standard InChI is InChI=1S/C13H20N4O3/c1-8-10(7-15-17-8)3-2-6-14-13(20)16-11(12(18)19)9-4-5-9/h7,9,11H,2-6H2,1H3,(H,15,17)(H,18,19)(H2,14,16,20). The summed E-state index contributed by atoms with van der Waals surface area (Å²) in [6, 6.07) is -1.17. The molecule has 7 nitrogen and oxygen atoms in total. The molecule has 0 spiro atoms. The quantitative estimate of drug-likeness (QED) is 0.554. The van der Waals surface area contributed by atoms with Crippen LogP contribution in [-0.2, 0) is 11.2 Å². The number of carboxylic acid groups (broad SMARTS) is 1. The highest BCUT2D eigenvalue weighted by atomic mass is 16.4. The summed E-state index contributed by atoms with van der Waals surface area (Å²) in [5.41, 5.74) is 2.17. The van der Waals surface area contributed by atoms with Crippen LogP contribution >= 0.6 is 0 Å². The van der Waals surface area contributed by atoms with Gasteiger partial charge in [-0.2, -0.15) is 5.10 Å². The minimum absolute atomic E-state index is 0.0897. The largest absolute Gasteiger partial charge is 0.480 e. The fourth-order valence-electron chi connectivity index (χ4n) is 2.11. The van der Waals surface area contributed by atoms with Gasteiger partial charge in [-0.05, 0) is 44.1 Å². The normalized spacial score (nSPS) is 15.7. The van der Waals surface area contributed by atoms with Gasteiger partial charge in [0.15, 0.2) is 0 Å². The molecule has 1 atom stereocenters. The molecule has 1 aliphatic carbocycles. The van der Waals surface area contributed by atoms with Crippen molar-refractivity contribution in [3.63, 3.8) is 0 Å². The first kappa shape index (κ1) is 14.4. The van der Waals surface area contributed by atoms with Crippen LogP contribution in [0.2, 0.25) is 0 Å². The van der Waals surface area contributed by atoms with E-state index in [0.717, 1.165) is 36.9 Å². The second-order valence-corrected chi connectivity index (χ2v) is 5.18. The topological polar surface area (TPSA) is 107 Å². The minimum Gasteiger partial charge on any atom is -0.480 e. The van der Waals surface area contributed by atoms with E-state index in [1.54, 1.807) is 6.20 Å². The molecule has 0 saturated heterocycles. The molecule has 0 bridgehead atoms. The molecule has 7 heteroatoms. The van der Waals surface area contributed by atoms with Crippen LogP contribution in [0.3, 0.4) is 0 Å². The van der Waals surface area contributed by atoms with E-state index in [4.69, 9.17) is 5.11 Å². The molecule has 1 aromatic rings. The van der Waals surface area contributed by atoms with Crippen LogP contribution in [0.5, 0.6) is 0 Å². The summed E-state index contributed by atoms with van der Waals surface area (Å²) in [7, 11) is 0. The number of aliphatic carboxylic acids is 1. The Hall–Kier alpha value is -2.05. The average molecular weight is 280 g/mol. The van der Waals surface area contributed by atoms with Crippen LogP contribution in [0.15, 0.2) is 6.20 Å². The van der Waals surface area contributed by atoms with Crippen LogP contribution in [0.1, 0.15) is 30.5 Å². The second-order valence-electron chi connectivity index (χ2n) is 5.18. The van der Waals surface area contributed by atoms with Gasteiger partial charge in [-0.15, -0.1) is 0 Å². The monoisotopic (exact) mass is 280 g/mol. The van der Waals surface area contributed by atoms with Crippen molar-refractivity contribution in [2.75, 3.05) is 6.54 Å². The van der Waals surface area contributed by atoms with Gasteiger partial charge in [0.2, 0.25) is 0 Å². The van der Waals surface area contributed by atoms with Crippen LogP contribution in [0.25, 0.3) is 0 Å². The highest BCUT2D eigenvalue weighted by Gasteiger charge is 2.37. The fourth-order valence-corrected chi connectivity index (χ4v) is 2.11. The Balaban J connectivity index is 1.65. The van der Waals surface area contributed by atoms with Crippen molar-refractivity contribution >= 4 is 12.0 Å². The number of amides is 2. The van der Waals surface area contributed by atoms with Gasteiger partial charge >= 0.3 is 12.0 Å². The highest BCUT2D eigenvalue weighted by Crippen LogP contribution is 2.32. The number of carbonyl (C=O) groups is 2. The van der Waals surface area contributed by atoms with Gasteiger partial charge in [-0.1, -0.05) is 0 Å². The van der Waals surface area contributed by atoms with Crippen molar-refractivity contribution in [3.05, 3.63) is 17.5 Å². The van der Waals surface area contributed by atoms with Crippen LogP contribution < -0.4 is 10.6 Å². The first-order valence-electron chi connectivity index (χ1n) is 6.84. The number of hydrogen-bond acceptors (Lipinski definition) is 3. The number of carboxylic acids is 1. The van der Waals surface area contributed by atoms with E-state index < -0.39 is 18.0 Å². The lowest BCUT2D eigenvalue weighted by molar-refractivity contribution is -0.139. The number of nitrogens with one attached hydrogen (secondary N) is 3. The zero-order valence-corrected chi connectivity index (χ0v) is 11.5. The zero-order chi connectivity index (χ0) is 14.5. The number of aromatic nitrogens is 2. The van der Waals surface area contributed by atoms with Gasteiger partial charge in [-0.25, -0.2) is 9.59 Å². The van der Waals surface area contributed by atoms with Crippen molar-refractivity contribution in [1.82, 2.24) is 20.8 Å². The molecule has 20 heavy (non-hydrogen) atoms. The molecular weight excluding hydrogens is 260 g/mol. The molecule has 1 fully saturated rings. The SMILES string of the molecule is Cc1[nH]ncc1CCCNC(=O)NC(C(=O)O)C1CC1. The Morgan fingerprint density at radius 1 is 1.55 bits per heavy atom. The Morgan fingerprint density at radius 2 is 2.30 bits per heavy atom. The van der Waals surface area contributed by atoms with Crippen molar-refractivity contribution in [3.8, 4) is 0 Å². The third kappa shape index (κ3) is 3.97. The summed E-state index contributed by atoms with van der Waals surface area (Å²) in [5.74, 6) is -0.872. The Labute approximate surface area is 117 Å². The lowest BCUT2D eigenvalue weighted by Crippen LogP contribution is -2.47. The molecule has 1 aliphatic rings. The molecule has 4 N–H and O–H groups in total. The number of hydrogen-bond donors (Lipinski definition) is 4. The van der Waals surface area contributed by atoms with Gasteiger partial charge < -0.3 is 15.7 Å². The molecule has 2 rings (SSSR count). The Bertz CT molecular complexity index is 482.